The van der Waals surface area contributed by atoms with Crippen molar-refractivity contribution in [2.24, 2.45) is 7.05 Å². The van der Waals surface area contributed by atoms with Gasteiger partial charge in [0.05, 0.1) is 0 Å². The van der Waals surface area contributed by atoms with Crippen LogP contribution >= 0.6 is 12.2 Å². The van der Waals surface area contributed by atoms with Gasteiger partial charge in [0.25, 0.3) is 0 Å². The van der Waals surface area contributed by atoms with Gasteiger partial charge in [-0.3, -0.25) is 4.57 Å². The lowest BCUT2D eigenvalue weighted by atomic mass is 10.8. The van der Waals surface area contributed by atoms with Crippen LogP contribution in [0.2, 0.25) is 0 Å². The Balaban J connectivity index is 3.31. The largest absolute Gasteiger partial charge is 0.368 e. The maximum atomic E-state index is 5.48. The topological polar surface area (TPSA) is 48.8 Å². The van der Waals surface area contributed by atoms with E-state index < -0.39 is 0 Å². The summed E-state index contributed by atoms with van der Waals surface area (Å²) < 4.78 is 4.03. The molecule has 0 bridgehead atoms. The number of aryl methyl sites for hydroxylation is 1. The highest BCUT2D eigenvalue weighted by Crippen LogP contribution is 1.98. The van der Waals surface area contributed by atoms with Crippen LogP contribution in [0.4, 0.5) is 5.95 Å². The monoisotopic (exact) mass is 158 g/mol. The average molecular weight is 158 g/mol. The number of nitrogen functional groups attached to an aromatic ring is 1. The van der Waals surface area contributed by atoms with Crippen LogP contribution in [0.15, 0.2) is 0 Å². The van der Waals surface area contributed by atoms with E-state index in [4.69, 9.17) is 18.0 Å². The van der Waals surface area contributed by atoms with Gasteiger partial charge in [0.15, 0.2) is 4.77 Å². The predicted molar refractivity (Wildman–Crippen MR) is 42.1 cm³/mol. The Labute approximate surface area is 64.3 Å². The van der Waals surface area contributed by atoms with Crippen LogP contribution in [0, 0.1) is 4.77 Å². The van der Waals surface area contributed by atoms with Gasteiger partial charge >= 0.3 is 0 Å². The maximum absolute atomic E-state index is 5.48. The summed E-state index contributed by atoms with van der Waals surface area (Å²) in [7, 11) is 1.80. The van der Waals surface area contributed by atoms with Gasteiger partial charge in [-0.2, -0.15) is 0 Å². The smallest absolute Gasteiger partial charge is 0.220 e. The van der Waals surface area contributed by atoms with E-state index >= 15 is 0 Å². The van der Waals surface area contributed by atoms with Crippen LogP contribution in [0.5, 0.6) is 0 Å². The Morgan fingerprint density at radius 3 is 2.50 bits per heavy atom. The molecule has 0 saturated heterocycles. The van der Waals surface area contributed by atoms with Crippen molar-refractivity contribution in [3.8, 4) is 0 Å². The minimum absolute atomic E-state index is 0.465. The SMILES string of the molecule is CCn1nc(N)n(C)c1=S. The molecular formula is C5H10N4S. The summed E-state index contributed by atoms with van der Waals surface area (Å²) in [4.78, 5) is 0. The molecule has 1 rings (SSSR count). The number of rotatable bonds is 1. The molecular weight excluding hydrogens is 148 g/mol. The molecule has 1 heterocycles. The van der Waals surface area contributed by atoms with Crippen LogP contribution < -0.4 is 5.73 Å². The molecule has 1 aromatic rings. The zero-order valence-electron chi connectivity index (χ0n) is 6.03. The third-order valence-electron chi connectivity index (χ3n) is 1.37. The predicted octanol–water partition coefficient (Wildman–Crippen LogP) is 0.553. The third-order valence-corrected chi connectivity index (χ3v) is 1.86. The number of hydrogen-bond donors (Lipinski definition) is 1. The van der Waals surface area contributed by atoms with Crippen molar-refractivity contribution in [3.63, 3.8) is 0 Å². The van der Waals surface area contributed by atoms with E-state index in [1.165, 1.54) is 0 Å². The first kappa shape index (κ1) is 7.27. The first-order valence-electron chi connectivity index (χ1n) is 3.06. The van der Waals surface area contributed by atoms with Crippen molar-refractivity contribution in [1.29, 1.82) is 0 Å². The summed E-state index contributed by atoms with van der Waals surface area (Å²) in [6.45, 7) is 2.74. The first-order valence-corrected chi connectivity index (χ1v) is 3.47. The van der Waals surface area contributed by atoms with Gasteiger partial charge in [-0.1, -0.05) is 0 Å². The molecule has 0 fully saturated rings. The second-order valence-electron chi connectivity index (χ2n) is 2.02. The summed E-state index contributed by atoms with van der Waals surface area (Å²) in [5.74, 6) is 0.465. The molecule has 10 heavy (non-hydrogen) atoms. The number of aromatic nitrogens is 3. The number of nitrogens with zero attached hydrogens (tertiary/aromatic N) is 3. The fourth-order valence-electron chi connectivity index (χ4n) is 0.711. The zero-order chi connectivity index (χ0) is 7.72. The number of anilines is 1. The standard InChI is InChI=1S/C5H10N4S/c1-3-9-5(10)8(2)4(6)7-9/h3H2,1-2H3,(H2,6,7). The van der Waals surface area contributed by atoms with Gasteiger partial charge in [-0.15, -0.1) is 5.10 Å². The fourth-order valence-corrected chi connectivity index (χ4v) is 0.974. The molecule has 4 nitrogen and oxygen atoms in total. The minimum Gasteiger partial charge on any atom is -0.368 e. The molecule has 5 heteroatoms. The maximum Gasteiger partial charge on any atom is 0.220 e. The summed E-state index contributed by atoms with van der Waals surface area (Å²) in [6.07, 6.45) is 0. The number of hydrogen-bond acceptors (Lipinski definition) is 3. The van der Waals surface area contributed by atoms with E-state index in [0.29, 0.717) is 10.7 Å². The second-order valence-corrected chi connectivity index (χ2v) is 2.38. The molecule has 0 unspecified atom stereocenters. The van der Waals surface area contributed by atoms with Crippen molar-refractivity contribution < 1.29 is 0 Å². The van der Waals surface area contributed by atoms with Crippen molar-refractivity contribution in [2.45, 2.75) is 13.5 Å². The fraction of sp³-hybridized carbons (Fsp3) is 0.600. The molecule has 0 radical (unpaired) electrons. The Kier molecular flexibility index (Phi) is 1.76. The zero-order valence-corrected chi connectivity index (χ0v) is 6.85. The van der Waals surface area contributed by atoms with Crippen LogP contribution in [0.25, 0.3) is 0 Å². The molecule has 1 aromatic heterocycles. The first-order chi connectivity index (χ1) is 4.66. The van der Waals surface area contributed by atoms with E-state index in [2.05, 4.69) is 5.10 Å². The molecule has 0 aliphatic rings. The van der Waals surface area contributed by atoms with Crippen molar-refractivity contribution in [3.05, 3.63) is 4.77 Å². The summed E-state index contributed by atoms with van der Waals surface area (Å²) in [5.41, 5.74) is 5.48. The molecule has 0 aromatic carbocycles. The lowest BCUT2D eigenvalue weighted by molar-refractivity contribution is 0.643. The van der Waals surface area contributed by atoms with Crippen LogP contribution in [-0.2, 0) is 13.6 Å². The molecule has 0 saturated carbocycles. The lowest BCUT2D eigenvalue weighted by Crippen LogP contribution is -1.96. The molecule has 2 N–H and O–H groups in total. The van der Waals surface area contributed by atoms with Crippen molar-refractivity contribution in [2.75, 3.05) is 5.73 Å². The Morgan fingerprint density at radius 2 is 2.30 bits per heavy atom. The summed E-state index contributed by atoms with van der Waals surface area (Å²) in [5, 5.41) is 3.98. The van der Waals surface area contributed by atoms with Gasteiger partial charge in [-0.05, 0) is 19.1 Å². The van der Waals surface area contributed by atoms with Crippen LogP contribution in [0.3, 0.4) is 0 Å². The van der Waals surface area contributed by atoms with Crippen LogP contribution in [-0.4, -0.2) is 14.3 Å². The van der Waals surface area contributed by atoms with E-state index in [0.717, 1.165) is 6.54 Å². The third kappa shape index (κ3) is 0.923. The molecule has 0 atom stereocenters. The Morgan fingerprint density at radius 1 is 1.70 bits per heavy atom. The minimum atomic E-state index is 0.465. The highest BCUT2D eigenvalue weighted by Gasteiger charge is 1.99. The van der Waals surface area contributed by atoms with Gasteiger partial charge in [-0.25, -0.2) is 4.68 Å². The van der Waals surface area contributed by atoms with Crippen molar-refractivity contribution in [1.82, 2.24) is 14.3 Å². The van der Waals surface area contributed by atoms with Crippen LogP contribution in [0.1, 0.15) is 6.92 Å². The molecule has 56 valence electrons. The Bertz CT molecular complexity index is 284. The molecule has 0 aliphatic heterocycles. The van der Waals surface area contributed by atoms with Gasteiger partial charge in [0.1, 0.15) is 0 Å². The molecule has 0 amide bonds. The Hall–Kier alpha value is -0.840. The summed E-state index contributed by atoms with van der Waals surface area (Å²) in [6, 6.07) is 0. The lowest BCUT2D eigenvalue weighted by Gasteiger charge is -1.89. The highest BCUT2D eigenvalue weighted by molar-refractivity contribution is 7.71. The van der Waals surface area contributed by atoms with Gasteiger partial charge in [0.2, 0.25) is 5.95 Å². The highest BCUT2D eigenvalue weighted by atomic mass is 32.1. The average Bonchev–Trinajstić information content (AvgIpc) is 2.17. The summed E-state index contributed by atoms with van der Waals surface area (Å²) >= 11 is 5.00. The normalized spacial score (nSPS) is 10.2. The van der Waals surface area contributed by atoms with E-state index in [1.807, 2.05) is 6.92 Å². The van der Waals surface area contributed by atoms with E-state index in [-0.39, 0.29) is 0 Å². The molecule has 0 aliphatic carbocycles. The second kappa shape index (κ2) is 2.42. The van der Waals surface area contributed by atoms with Crippen molar-refractivity contribution >= 4 is 18.2 Å². The van der Waals surface area contributed by atoms with E-state index in [1.54, 1.807) is 16.3 Å². The van der Waals surface area contributed by atoms with E-state index in [9.17, 15) is 0 Å². The van der Waals surface area contributed by atoms with Gasteiger partial charge < -0.3 is 5.73 Å². The quantitative estimate of drug-likeness (QED) is 0.607. The molecule has 0 spiro atoms. The van der Waals surface area contributed by atoms with Gasteiger partial charge in [0, 0.05) is 13.6 Å². The number of nitrogens with two attached hydrogens (primary N) is 1.